The van der Waals surface area contributed by atoms with E-state index in [9.17, 15) is 14.7 Å². The lowest BCUT2D eigenvalue weighted by atomic mass is 10.3. The maximum absolute atomic E-state index is 11.5. The van der Waals surface area contributed by atoms with Crippen LogP contribution in [0.1, 0.15) is 5.56 Å². The van der Waals surface area contributed by atoms with Crippen molar-refractivity contribution in [1.82, 2.24) is 15.4 Å². The van der Waals surface area contributed by atoms with Crippen LogP contribution in [0.3, 0.4) is 0 Å². The van der Waals surface area contributed by atoms with Crippen molar-refractivity contribution in [3.8, 4) is 5.88 Å². The number of amides is 2. The summed E-state index contributed by atoms with van der Waals surface area (Å²) >= 11 is 4.68. The molecule has 0 unspecified atom stereocenters. The molecule has 21 heavy (non-hydrogen) atoms. The van der Waals surface area contributed by atoms with Gasteiger partial charge in [0.05, 0.1) is 6.21 Å². The molecule has 5 N–H and O–H groups in total. The number of rotatable bonds is 3. The number of aromatic hydroxyl groups is 1. The number of H-pyrrole nitrogens is 2. The molecule has 0 radical (unpaired) electrons. The SMILES string of the molecule is O=C(N/N=C/c1c(O)[nH]c(=S)[nH]c1=O)Nc1ccccc1. The van der Waals surface area contributed by atoms with Crippen molar-refractivity contribution in [2.75, 3.05) is 5.32 Å². The summed E-state index contributed by atoms with van der Waals surface area (Å²) in [5.41, 5.74) is 1.99. The summed E-state index contributed by atoms with van der Waals surface area (Å²) in [5, 5.41) is 15.6. The molecular formula is C12H11N5O3S. The molecule has 0 aliphatic rings. The van der Waals surface area contributed by atoms with Gasteiger partial charge in [0.2, 0.25) is 5.88 Å². The van der Waals surface area contributed by atoms with Crippen LogP contribution < -0.4 is 16.3 Å². The van der Waals surface area contributed by atoms with Gasteiger partial charge in [-0.25, -0.2) is 10.2 Å². The van der Waals surface area contributed by atoms with Gasteiger partial charge >= 0.3 is 6.03 Å². The number of carbonyl (C=O) groups excluding carboxylic acids is 1. The Balaban J connectivity index is 2.01. The second kappa shape index (κ2) is 6.48. The summed E-state index contributed by atoms with van der Waals surface area (Å²) in [6.07, 6.45) is 1.00. The average Bonchev–Trinajstić information content (AvgIpc) is 2.42. The highest BCUT2D eigenvalue weighted by molar-refractivity contribution is 7.71. The fraction of sp³-hybridized carbons (Fsp3) is 0. The van der Waals surface area contributed by atoms with Crippen LogP contribution in [-0.4, -0.2) is 27.3 Å². The summed E-state index contributed by atoms with van der Waals surface area (Å²) < 4.78 is -0.00979. The number of aromatic nitrogens is 2. The van der Waals surface area contributed by atoms with E-state index in [-0.39, 0.29) is 10.3 Å². The number of hydrogen-bond acceptors (Lipinski definition) is 5. The monoisotopic (exact) mass is 305 g/mol. The first-order chi connectivity index (χ1) is 10.1. The number of carbonyl (C=O) groups is 1. The van der Waals surface area contributed by atoms with Crippen LogP contribution in [0, 0.1) is 4.77 Å². The molecule has 0 fully saturated rings. The van der Waals surface area contributed by atoms with E-state index < -0.39 is 17.5 Å². The van der Waals surface area contributed by atoms with E-state index in [2.05, 4.69) is 38.0 Å². The van der Waals surface area contributed by atoms with Gasteiger partial charge in [-0.05, 0) is 24.4 Å². The molecule has 1 heterocycles. The first kappa shape index (κ1) is 14.5. The van der Waals surface area contributed by atoms with Gasteiger partial charge in [-0.15, -0.1) is 0 Å². The summed E-state index contributed by atoms with van der Waals surface area (Å²) in [5.74, 6) is -0.433. The number of hydrogen-bond donors (Lipinski definition) is 5. The van der Waals surface area contributed by atoms with E-state index >= 15 is 0 Å². The molecule has 0 saturated carbocycles. The Morgan fingerprint density at radius 1 is 1.29 bits per heavy atom. The second-order valence-electron chi connectivity index (χ2n) is 3.86. The quantitative estimate of drug-likeness (QED) is 0.333. The van der Waals surface area contributed by atoms with Crippen molar-refractivity contribution in [3.05, 3.63) is 51.0 Å². The first-order valence-electron chi connectivity index (χ1n) is 5.77. The molecule has 0 aliphatic heterocycles. The predicted molar refractivity (Wildman–Crippen MR) is 80.1 cm³/mol. The summed E-state index contributed by atoms with van der Waals surface area (Å²) in [6.45, 7) is 0. The molecule has 2 rings (SSSR count). The van der Waals surface area contributed by atoms with Crippen LogP contribution in [0.4, 0.5) is 10.5 Å². The Hall–Kier alpha value is -2.94. The van der Waals surface area contributed by atoms with Crippen molar-refractivity contribution >= 4 is 30.2 Å². The minimum Gasteiger partial charge on any atom is -0.494 e. The molecule has 2 amide bonds. The Kier molecular flexibility index (Phi) is 4.46. The highest BCUT2D eigenvalue weighted by atomic mass is 32.1. The zero-order chi connectivity index (χ0) is 15.2. The molecule has 2 aromatic rings. The highest BCUT2D eigenvalue weighted by Gasteiger charge is 2.04. The van der Waals surface area contributed by atoms with Crippen molar-refractivity contribution in [1.29, 1.82) is 0 Å². The van der Waals surface area contributed by atoms with E-state index in [1.54, 1.807) is 24.3 Å². The van der Waals surface area contributed by atoms with E-state index in [0.717, 1.165) is 6.21 Å². The van der Waals surface area contributed by atoms with E-state index in [1.807, 2.05) is 6.07 Å². The van der Waals surface area contributed by atoms with Crippen LogP contribution in [0.25, 0.3) is 0 Å². The number of benzene rings is 1. The molecule has 1 aromatic carbocycles. The lowest BCUT2D eigenvalue weighted by Gasteiger charge is -2.03. The largest absolute Gasteiger partial charge is 0.494 e. The molecule has 108 valence electrons. The van der Waals surface area contributed by atoms with Gasteiger partial charge in [0.25, 0.3) is 5.56 Å². The first-order valence-corrected chi connectivity index (χ1v) is 6.18. The summed E-state index contributed by atoms with van der Waals surface area (Å²) in [4.78, 5) is 27.7. The number of hydrazone groups is 1. The fourth-order valence-electron chi connectivity index (χ4n) is 1.44. The maximum Gasteiger partial charge on any atom is 0.339 e. The van der Waals surface area contributed by atoms with Crippen molar-refractivity contribution in [3.63, 3.8) is 0 Å². The Morgan fingerprint density at radius 3 is 2.67 bits per heavy atom. The number of nitrogens with zero attached hydrogens (tertiary/aromatic N) is 1. The highest BCUT2D eigenvalue weighted by Crippen LogP contribution is 2.05. The lowest BCUT2D eigenvalue weighted by Crippen LogP contribution is -2.24. The zero-order valence-corrected chi connectivity index (χ0v) is 11.4. The van der Waals surface area contributed by atoms with Crippen LogP contribution in [0.15, 0.2) is 40.2 Å². The third-order valence-corrected chi connectivity index (χ3v) is 2.55. The minimum absolute atomic E-state index is 0.00979. The molecule has 8 nitrogen and oxygen atoms in total. The van der Waals surface area contributed by atoms with Gasteiger partial charge in [-0.3, -0.25) is 9.78 Å². The Morgan fingerprint density at radius 2 is 2.00 bits per heavy atom. The van der Waals surface area contributed by atoms with Gasteiger partial charge in [-0.2, -0.15) is 5.10 Å². The van der Waals surface area contributed by atoms with Crippen molar-refractivity contribution < 1.29 is 9.90 Å². The topological polar surface area (TPSA) is 122 Å². The zero-order valence-electron chi connectivity index (χ0n) is 10.6. The average molecular weight is 305 g/mol. The number of para-hydroxylation sites is 1. The molecule has 1 aromatic heterocycles. The summed E-state index contributed by atoms with van der Waals surface area (Å²) in [6, 6.07) is 8.17. The van der Waals surface area contributed by atoms with E-state index in [1.165, 1.54) is 0 Å². The van der Waals surface area contributed by atoms with E-state index in [0.29, 0.717) is 5.69 Å². The third-order valence-electron chi connectivity index (χ3n) is 2.35. The van der Waals surface area contributed by atoms with Crippen LogP contribution in [0.5, 0.6) is 5.88 Å². The van der Waals surface area contributed by atoms with Crippen LogP contribution in [-0.2, 0) is 0 Å². The smallest absolute Gasteiger partial charge is 0.339 e. The summed E-state index contributed by atoms with van der Waals surface area (Å²) in [7, 11) is 0. The Bertz CT molecular complexity index is 781. The molecule has 0 saturated heterocycles. The standard InChI is InChI=1S/C12H11N5O3S/c18-9-8(10(19)16-12(21)15-9)6-13-17-11(20)14-7-4-2-1-3-5-7/h1-6H,(H2,14,17,20)(H3,15,16,18,19,21)/b13-6+. The van der Waals surface area contributed by atoms with Gasteiger partial charge in [0.1, 0.15) is 5.56 Å². The fourth-order valence-corrected chi connectivity index (χ4v) is 1.63. The van der Waals surface area contributed by atoms with Crippen LogP contribution >= 0.6 is 12.2 Å². The van der Waals surface area contributed by atoms with Crippen molar-refractivity contribution in [2.24, 2.45) is 5.10 Å². The molecule has 0 aliphatic carbocycles. The number of urea groups is 1. The minimum atomic E-state index is -0.620. The predicted octanol–water partition coefficient (Wildman–Crippen LogP) is 1.29. The molecular weight excluding hydrogens is 294 g/mol. The normalized spacial score (nSPS) is 10.5. The number of nitrogens with one attached hydrogen (secondary N) is 4. The van der Waals surface area contributed by atoms with Gasteiger partial charge in [0.15, 0.2) is 4.77 Å². The van der Waals surface area contributed by atoms with Gasteiger partial charge in [0, 0.05) is 5.69 Å². The molecule has 0 bridgehead atoms. The van der Waals surface area contributed by atoms with Crippen molar-refractivity contribution in [2.45, 2.75) is 0 Å². The lowest BCUT2D eigenvalue weighted by molar-refractivity contribution is 0.252. The van der Waals surface area contributed by atoms with Gasteiger partial charge < -0.3 is 15.4 Å². The van der Waals surface area contributed by atoms with E-state index in [4.69, 9.17) is 0 Å². The third kappa shape index (κ3) is 4.01. The maximum atomic E-state index is 11.5. The molecule has 9 heteroatoms. The van der Waals surface area contributed by atoms with Gasteiger partial charge in [-0.1, -0.05) is 18.2 Å². The van der Waals surface area contributed by atoms with Crippen LogP contribution in [0.2, 0.25) is 0 Å². The molecule has 0 spiro atoms. The molecule has 0 atom stereocenters. The Labute approximate surface area is 123 Å². The number of anilines is 1. The second-order valence-corrected chi connectivity index (χ2v) is 4.27. The number of aromatic amines is 2.